The van der Waals surface area contributed by atoms with Crippen molar-refractivity contribution in [3.63, 3.8) is 0 Å². The summed E-state index contributed by atoms with van der Waals surface area (Å²) in [6.45, 7) is 0.599. The van der Waals surface area contributed by atoms with Crippen LogP contribution < -0.4 is 5.73 Å². The van der Waals surface area contributed by atoms with Crippen LogP contribution in [0.15, 0.2) is 34.1 Å². The first-order chi connectivity index (χ1) is 8.65. The normalized spacial score (nSPS) is 11.2. The van der Waals surface area contributed by atoms with Crippen molar-refractivity contribution in [1.82, 2.24) is 9.55 Å². The molecule has 0 amide bonds. The third-order valence-corrected chi connectivity index (χ3v) is 4.38. The molecule has 18 heavy (non-hydrogen) atoms. The fourth-order valence-electron chi connectivity index (χ4n) is 1.89. The van der Waals surface area contributed by atoms with Crippen molar-refractivity contribution in [2.75, 3.05) is 5.73 Å². The van der Waals surface area contributed by atoms with Gasteiger partial charge >= 0.3 is 0 Å². The number of nitrogens with zero attached hydrogens (tertiary/aromatic N) is 2. The Bertz CT molecular complexity index is 719. The zero-order valence-electron chi connectivity index (χ0n) is 9.23. The Hall–Kier alpha value is -1.40. The van der Waals surface area contributed by atoms with Gasteiger partial charge in [0, 0.05) is 14.7 Å². The Labute approximate surface area is 115 Å². The topological polar surface area (TPSA) is 43.8 Å². The molecule has 1 aromatic carbocycles. The summed E-state index contributed by atoms with van der Waals surface area (Å²) < 4.78 is 16.4. The highest BCUT2D eigenvalue weighted by Crippen LogP contribution is 2.25. The molecule has 0 bridgehead atoms. The van der Waals surface area contributed by atoms with Gasteiger partial charge in [-0.2, -0.15) is 0 Å². The molecule has 0 radical (unpaired) electrons. The predicted molar refractivity (Wildman–Crippen MR) is 75.2 cm³/mol. The lowest BCUT2D eigenvalue weighted by atomic mass is 10.3. The number of aromatic nitrogens is 2. The highest BCUT2D eigenvalue weighted by molar-refractivity contribution is 9.10. The number of halogens is 2. The van der Waals surface area contributed by atoms with Gasteiger partial charge in [-0.05, 0) is 34.1 Å². The molecule has 3 aromatic rings. The third kappa shape index (κ3) is 1.91. The molecule has 0 saturated carbocycles. The minimum absolute atomic E-state index is 0.325. The highest BCUT2D eigenvalue weighted by Gasteiger charge is 2.12. The van der Waals surface area contributed by atoms with Crippen molar-refractivity contribution in [1.29, 1.82) is 0 Å². The molecule has 0 aliphatic carbocycles. The molecule has 2 N–H and O–H groups in total. The molecule has 0 atom stereocenters. The van der Waals surface area contributed by atoms with E-state index >= 15 is 0 Å². The first-order valence-corrected chi connectivity index (χ1v) is 6.95. The van der Waals surface area contributed by atoms with Crippen molar-refractivity contribution in [3.05, 3.63) is 44.8 Å². The van der Waals surface area contributed by atoms with Crippen molar-refractivity contribution in [2.24, 2.45) is 0 Å². The van der Waals surface area contributed by atoms with Gasteiger partial charge < -0.3 is 10.3 Å². The largest absolute Gasteiger partial charge is 0.369 e. The van der Waals surface area contributed by atoms with Crippen LogP contribution >= 0.6 is 27.3 Å². The van der Waals surface area contributed by atoms with Crippen molar-refractivity contribution < 1.29 is 4.39 Å². The van der Waals surface area contributed by atoms with Gasteiger partial charge in [-0.15, -0.1) is 11.3 Å². The summed E-state index contributed by atoms with van der Waals surface area (Å²) in [7, 11) is 0. The number of benzene rings is 1. The van der Waals surface area contributed by atoms with E-state index in [0.717, 1.165) is 14.9 Å². The zero-order valence-corrected chi connectivity index (χ0v) is 11.6. The zero-order chi connectivity index (χ0) is 12.7. The molecular formula is C12H9BrFN3S. The number of hydrogen-bond donors (Lipinski definition) is 1. The maximum Gasteiger partial charge on any atom is 0.201 e. The van der Waals surface area contributed by atoms with Gasteiger partial charge in [-0.1, -0.05) is 6.07 Å². The van der Waals surface area contributed by atoms with Crippen LogP contribution in [0.2, 0.25) is 0 Å². The lowest BCUT2D eigenvalue weighted by molar-refractivity contribution is 0.637. The summed E-state index contributed by atoms with van der Waals surface area (Å²) in [5, 5.41) is 2.01. The number of para-hydroxylation sites is 1. The molecule has 6 heteroatoms. The third-order valence-electron chi connectivity index (χ3n) is 2.69. The predicted octanol–water partition coefficient (Wildman–Crippen LogP) is 3.63. The van der Waals surface area contributed by atoms with Crippen LogP contribution in [-0.2, 0) is 6.54 Å². The van der Waals surface area contributed by atoms with Crippen LogP contribution in [0.4, 0.5) is 10.3 Å². The molecule has 3 rings (SSSR count). The van der Waals surface area contributed by atoms with Crippen LogP contribution in [0, 0.1) is 5.82 Å². The summed E-state index contributed by atoms with van der Waals surface area (Å²) in [6, 6.07) is 6.90. The Morgan fingerprint density at radius 2 is 2.28 bits per heavy atom. The molecule has 2 heterocycles. The number of imidazole rings is 1. The molecular weight excluding hydrogens is 317 g/mol. The number of thiophene rings is 1. The van der Waals surface area contributed by atoms with Crippen molar-refractivity contribution in [3.8, 4) is 0 Å². The summed E-state index contributed by atoms with van der Waals surface area (Å²) in [5.74, 6) is -0.00932. The summed E-state index contributed by atoms with van der Waals surface area (Å²) >= 11 is 5.03. The van der Waals surface area contributed by atoms with Crippen LogP contribution in [0.25, 0.3) is 11.0 Å². The maximum absolute atomic E-state index is 13.6. The number of fused-ring (bicyclic) bond motifs is 1. The number of anilines is 1. The van der Waals surface area contributed by atoms with Crippen LogP contribution in [-0.4, -0.2) is 9.55 Å². The fraction of sp³-hybridized carbons (Fsp3) is 0.0833. The van der Waals surface area contributed by atoms with E-state index in [4.69, 9.17) is 5.73 Å². The van der Waals surface area contributed by atoms with Crippen LogP contribution in [0.1, 0.15) is 4.88 Å². The van der Waals surface area contributed by atoms with Crippen molar-refractivity contribution in [2.45, 2.75) is 6.54 Å². The maximum atomic E-state index is 13.6. The van der Waals surface area contributed by atoms with Gasteiger partial charge in [0.05, 0.1) is 12.1 Å². The van der Waals surface area contributed by atoms with Crippen LogP contribution in [0.5, 0.6) is 0 Å². The second-order valence-corrected chi connectivity index (χ2v) is 5.81. The molecule has 2 aromatic heterocycles. The first kappa shape index (κ1) is 11.7. The monoisotopic (exact) mass is 325 g/mol. The molecule has 0 saturated heterocycles. The van der Waals surface area contributed by atoms with E-state index in [2.05, 4.69) is 20.9 Å². The van der Waals surface area contributed by atoms with Crippen molar-refractivity contribution >= 4 is 44.2 Å². The molecule has 0 unspecified atom stereocenters. The number of nitrogen functional groups attached to an aromatic ring is 1. The summed E-state index contributed by atoms with van der Waals surface area (Å²) in [5.41, 5.74) is 6.90. The Morgan fingerprint density at radius 1 is 1.44 bits per heavy atom. The second kappa shape index (κ2) is 4.37. The Morgan fingerprint density at radius 3 is 3.00 bits per heavy atom. The lowest BCUT2D eigenvalue weighted by Crippen LogP contribution is -2.03. The number of nitrogens with two attached hydrogens (primary N) is 1. The Kier molecular flexibility index (Phi) is 2.83. The summed E-state index contributed by atoms with van der Waals surface area (Å²) in [4.78, 5) is 5.21. The molecule has 0 fully saturated rings. The van der Waals surface area contributed by atoms with E-state index in [0.29, 0.717) is 18.0 Å². The average Bonchev–Trinajstić information content (AvgIpc) is 2.87. The van der Waals surface area contributed by atoms with E-state index in [1.165, 1.54) is 6.07 Å². The van der Waals surface area contributed by atoms with Gasteiger partial charge in [0.1, 0.15) is 5.52 Å². The van der Waals surface area contributed by atoms with E-state index in [9.17, 15) is 4.39 Å². The standard InChI is InChI=1S/C12H9BrFN3S/c13-7-4-8(18-6-7)5-17-10-3-1-2-9(14)11(10)16-12(17)15/h1-4,6H,5H2,(H2,15,16). The van der Waals surface area contributed by atoms with Gasteiger partial charge in [-0.3, -0.25) is 0 Å². The SMILES string of the molecule is Nc1nc2c(F)cccc2n1Cc1cc(Br)cs1. The lowest BCUT2D eigenvalue weighted by Gasteiger charge is -2.04. The number of hydrogen-bond acceptors (Lipinski definition) is 3. The fourth-order valence-corrected chi connectivity index (χ4v) is 3.33. The minimum Gasteiger partial charge on any atom is -0.369 e. The molecule has 92 valence electrons. The molecule has 0 spiro atoms. The Balaban J connectivity index is 2.11. The van der Waals surface area contributed by atoms with Gasteiger partial charge in [0.2, 0.25) is 5.95 Å². The smallest absolute Gasteiger partial charge is 0.201 e. The van der Waals surface area contributed by atoms with Gasteiger partial charge in [-0.25, -0.2) is 9.37 Å². The quantitative estimate of drug-likeness (QED) is 0.781. The molecule has 0 aliphatic rings. The van der Waals surface area contributed by atoms with E-state index in [1.54, 1.807) is 17.4 Å². The van der Waals surface area contributed by atoms with E-state index in [-0.39, 0.29) is 5.82 Å². The van der Waals surface area contributed by atoms with E-state index in [1.807, 2.05) is 22.1 Å². The average molecular weight is 326 g/mol. The highest BCUT2D eigenvalue weighted by atomic mass is 79.9. The molecule has 0 aliphatic heterocycles. The van der Waals surface area contributed by atoms with Gasteiger partial charge in [0.15, 0.2) is 5.82 Å². The van der Waals surface area contributed by atoms with Crippen LogP contribution in [0.3, 0.4) is 0 Å². The summed E-state index contributed by atoms with van der Waals surface area (Å²) in [6.07, 6.45) is 0. The second-order valence-electron chi connectivity index (χ2n) is 3.89. The number of rotatable bonds is 2. The van der Waals surface area contributed by atoms with Gasteiger partial charge in [0.25, 0.3) is 0 Å². The van der Waals surface area contributed by atoms with E-state index < -0.39 is 0 Å². The minimum atomic E-state index is -0.342. The molecule has 3 nitrogen and oxygen atoms in total. The first-order valence-electron chi connectivity index (χ1n) is 5.28.